The molecule has 0 aromatic heterocycles. The van der Waals surface area contributed by atoms with Gasteiger partial charge in [-0.05, 0) is 12.1 Å². The minimum Gasteiger partial charge on any atom is -0.484 e. The lowest BCUT2D eigenvalue weighted by Crippen LogP contribution is -2.32. The smallest absolute Gasteiger partial charge is 0.264 e. The molecule has 1 aromatic rings. The van der Waals surface area contributed by atoms with Gasteiger partial charge in [0.15, 0.2) is 6.61 Å². The Balaban J connectivity index is 2.34. The zero-order chi connectivity index (χ0) is 10.4. The quantitative estimate of drug-likeness (QED) is 0.769. The van der Waals surface area contributed by atoms with Crippen LogP contribution in [-0.4, -0.2) is 18.4 Å². The highest BCUT2D eigenvalue weighted by molar-refractivity contribution is 5.94. The van der Waals surface area contributed by atoms with E-state index in [2.05, 4.69) is 5.32 Å². The molecule has 74 valence electrons. The van der Waals surface area contributed by atoms with Crippen LogP contribution in [0.15, 0.2) is 30.3 Å². The fourth-order valence-electron chi connectivity index (χ4n) is 0.898. The lowest BCUT2D eigenvalue weighted by Gasteiger charge is -2.04. The molecule has 0 aliphatic heterocycles. The molecule has 1 N–H and O–H groups in total. The van der Waals surface area contributed by atoms with Crippen LogP contribution in [0.1, 0.15) is 6.92 Å². The number of hydrogen-bond donors (Lipinski definition) is 1. The van der Waals surface area contributed by atoms with Crippen LogP contribution in [0.5, 0.6) is 5.75 Å². The van der Waals surface area contributed by atoms with Gasteiger partial charge in [0, 0.05) is 6.92 Å². The Labute approximate surface area is 81.9 Å². The van der Waals surface area contributed by atoms with Crippen LogP contribution in [0, 0.1) is 0 Å². The average molecular weight is 193 g/mol. The summed E-state index contributed by atoms with van der Waals surface area (Å²) in [5, 5.41) is 2.11. The van der Waals surface area contributed by atoms with E-state index in [1.807, 2.05) is 6.07 Å². The molecule has 0 heterocycles. The molecule has 0 saturated carbocycles. The minimum atomic E-state index is -0.443. The zero-order valence-corrected chi connectivity index (χ0v) is 7.82. The molecular weight excluding hydrogens is 182 g/mol. The van der Waals surface area contributed by atoms with Gasteiger partial charge >= 0.3 is 0 Å². The first-order valence-corrected chi connectivity index (χ1v) is 4.17. The Morgan fingerprint density at radius 2 is 1.93 bits per heavy atom. The maximum atomic E-state index is 11.0. The predicted molar refractivity (Wildman–Crippen MR) is 50.8 cm³/mol. The van der Waals surface area contributed by atoms with Crippen molar-refractivity contribution in [2.45, 2.75) is 6.92 Å². The average Bonchev–Trinajstić information content (AvgIpc) is 2.15. The van der Waals surface area contributed by atoms with Crippen molar-refractivity contribution in [2.24, 2.45) is 0 Å². The number of amides is 2. The minimum absolute atomic E-state index is 0.149. The first-order chi connectivity index (χ1) is 6.68. The Morgan fingerprint density at radius 3 is 2.50 bits per heavy atom. The summed E-state index contributed by atoms with van der Waals surface area (Å²) < 4.78 is 5.10. The molecule has 0 unspecified atom stereocenters. The predicted octanol–water partition coefficient (Wildman–Crippen LogP) is 0.728. The lowest BCUT2D eigenvalue weighted by atomic mass is 10.3. The van der Waals surface area contributed by atoms with Crippen LogP contribution in [0.4, 0.5) is 0 Å². The van der Waals surface area contributed by atoms with Crippen molar-refractivity contribution < 1.29 is 14.3 Å². The van der Waals surface area contributed by atoms with E-state index in [-0.39, 0.29) is 12.5 Å². The van der Waals surface area contributed by atoms with Crippen LogP contribution in [0.2, 0.25) is 0 Å². The van der Waals surface area contributed by atoms with E-state index in [0.29, 0.717) is 5.75 Å². The number of carbonyl (C=O) groups excluding carboxylic acids is 2. The topological polar surface area (TPSA) is 55.4 Å². The Hall–Kier alpha value is -1.84. The third-order valence-corrected chi connectivity index (χ3v) is 1.43. The van der Waals surface area contributed by atoms with Gasteiger partial charge in [0.2, 0.25) is 5.91 Å². The zero-order valence-electron chi connectivity index (χ0n) is 7.82. The van der Waals surface area contributed by atoms with Crippen LogP contribution in [0.25, 0.3) is 0 Å². The van der Waals surface area contributed by atoms with Gasteiger partial charge in [0.05, 0.1) is 0 Å². The highest BCUT2D eigenvalue weighted by Gasteiger charge is 2.03. The summed E-state index contributed by atoms with van der Waals surface area (Å²) in [6.07, 6.45) is 0. The Morgan fingerprint density at radius 1 is 1.29 bits per heavy atom. The number of hydrogen-bond acceptors (Lipinski definition) is 3. The van der Waals surface area contributed by atoms with Crippen molar-refractivity contribution in [1.82, 2.24) is 5.32 Å². The molecule has 0 bridgehead atoms. The van der Waals surface area contributed by atoms with Crippen LogP contribution >= 0.6 is 0 Å². The molecule has 0 aliphatic rings. The lowest BCUT2D eigenvalue weighted by molar-refractivity contribution is -0.130. The van der Waals surface area contributed by atoms with E-state index in [9.17, 15) is 9.59 Å². The van der Waals surface area contributed by atoms with Gasteiger partial charge in [-0.2, -0.15) is 0 Å². The molecule has 2 amide bonds. The number of ether oxygens (including phenoxy) is 1. The second-order valence-corrected chi connectivity index (χ2v) is 2.71. The van der Waals surface area contributed by atoms with E-state index in [1.54, 1.807) is 24.3 Å². The molecule has 1 aromatic carbocycles. The normalized spacial score (nSPS) is 9.21. The molecule has 0 fully saturated rings. The summed E-state index contributed by atoms with van der Waals surface area (Å²) in [5.74, 6) is -0.223. The Bertz CT molecular complexity index is 321. The van der Waals surface area contributed by atoms with E-state index in [1.165, 1.54) is 6.92 Å². The molecule has 14 heavy (non-hydrogen) atoms. The molecule has 0 saturated heterocycles. The Kier molecular flexibility index (Phi) is 3.67. The number of para-hydroxylation sites is 1. The van der Waals surface area contributed by atoms with Gasteiger partial charge in [0.1, 0.15) is 5.75 Å². The highest BCUT2D eigenvalue weighted by Crippen LogP contribution is 2.07. The SMILES string of the molecule is CC(=O)NC(=O)COc1ccccc1. The number of benzene rings is 1. The van der Waals surface area contributed by atoms with Crippen molar-refractivity contribution in [1.29, 1.82) is 0 Å². The van der Waals surface area contributed by atoms with E-state index in [0.717, 1.165) is 0 Å². The largest absolute Gasteiger partial charge is 0.484 e. The summed E-state index contributed by atoms with van der Waals surface area (Å²) in [6.45, 7) is 1.13. The summed E-state index contributed by atoms with van der Waals surface area (Å²) in [4.78, 5) is 21.4. The molecule has 4 heteroatoms. The number of rotatable bonds is 3. The van der Waals surface area contributed by atoms with Gasteiger partial charge in [-0.3, -0.25) is 14.9 Å². The molecule has 0 radical (unpaired) electrons. The molecule has 0 atom stereocenters. The van der Waals surface area contributed by atoms with Gasteiger partial charge in [-0.15, -0.1) is 0 Å². The van der Waals surface area contributed by atoms with Crippen LogP contribution < -0.4 is 10.1 Å². The van der Waals surface area contributed by atoms with Crippen molar-refractivity contribution in [2.75, 3.05) is 6.61 Å². The third-order valence-electron chi connectivity index (χ3n) is 1.43. The molecular formula is C10H11NO3. The number of nitrogens with one attached hydrogen (secondary N) is 1. The van der Waals surface area contributed by atoms with Crippen molar-refractivity contribution in [3.05, 3.63) is 30.3 Å². The van der Waals surface area contributed by atoms with E-state index in [4.69, 9.17) is 4.74 Å². The monoisotopic (exact) mass is 193 g/mol. The fourth-order valence-corrected chi connectivity index (χ4v) is 0.898. The van der Waals surface area contributed by atoms with Gasteiger partial charge in [-0.25, -0.2) is 0 Å². The fraction of sp³-hybridized carbons (Fsp3) is 0.200. The summed E-state index contributed by atoms with van der Waals surface area (Å²) >= 11 is 0. The third kappa shape index (κ3) is 3.71. The maximum absolute atomic E-state index is 11.0. The molecule has 4 nitrogen and oxygen atoms in total. The first-order valence-electron chi connectivity index (χ1n) is 4.17. The summed E-state index contributed by atoms with van der Waals surface area (Å²) in [7, 11) is 0. The molecule has 0 aliphatic carbocycles. The van der Waals surface area contributed by atoms with Crippen LogP contribution in [-0.2, 0) is 9.59 Å². The number of imide groups is 1. The second kappa shape index (κ2) is 5.01. The number of carbonyl (C=O) groups is 2. The van der Waals surface area contributed by atoms with Crippen LogP contribution in [0.3, 0.4) is 0 Å². The van der Waals surface area contributed by atoms with E-state index < -0.39 is 5.91 Å². The second-order valence-electron chi connectivity index (χ2n) is 2.71. The molecule has 1 rings (SSSR count). The van der Waals surface area contributed by atoms with Gasteiger partial charge in [-0.1, -0.05) is 18.2 Å². The van der Waals surface area contributed by atoms with Crippen molar-refractivity contribution in [3.63, 3.8) is 0 Å². The van der Waals surface area contributed by atoms with E-state index >= 15 is 0 Å². The highest BCUT2D eigenvalue weighted by atomic mass is 16.5. The van der Waals surface area contributed by atoms with Crippen molar-refractivity contribution >= 4 is 11.8 Å². The first kappa shape index (κ1) is 10.2. The van der Waals surface area contributed by atoms with Crippen molar-refractivity contribution in [3.8, 4) is 5.75 Å². The summed E-state index contributed by atoms with van der Waals surface area (Å²) in [6, 6.07) is 8.93. The maximum Gasteiger partial charge on any atom is 0.264 e. The van der Waals surface area contributed by atoms with Gasteiger partial charge < -0.3 is 4.74 Å². The summed E-state index contributed by atoms with van der Waals surface area (Å²) in [5.41, 5.74) is 0. The van der Waals surface area contributed by atoms with Gasteiger partial charge in [0.25, 0.3) is 5.91 Å². The standard InChI is InChI=1S/C10H11NO3/c1-8(12)11-10(13)7-14-9-5-3-2-4-6-9/h2-6H,7H2,1H3,(H,11,12,13). The molecule has 0 spiro atoms.